The Morgan fingerprint density at radius 3 is 2.77 bits per heavy atom. The summed E-state index contributed by atoms with van der Waals surface area (Å²) in [5.41, 5.74) is 0.718. The average Bonchev–Trinajstić information content (AvgIpc) is 3.09. The normalized spacial score (nSPS) is 15.0. The number of ether oxygens (including phenoxy) is 3. The molecule has 2 aromatic rings. The molecule has 1 fully saturated rings. The van der Waals surface area contributed by atoms with E-state index in [1.165, 1.54) is 19.4 Å². The fourth-order valence-electron chi connectivity index (χ4n) is 2.08. The van der Waals surface area contributed by atoms with E-state index in [2.05, 4.69) is 15.0 Å². The lowest BCUT2D eigenvalue weighted by Crippen LogP contribution is -2.09. The first kappa shape index (κ1) is 14.5. The van der Waals surface area contributed by atoms with E-state index in [4.69, 9.17) is 14.2 Å². The minimum absolute atomic E-state index is 0.110. The zero-order valence-corrected chi connectivity index (χ0v) is 11.7. The maximum Gasteiger partial charge on any atom is 0.213 e. The van der Waals surface area contributed by atoms with Crippen molar-refractivity contribution in [3.05, 3.63) is 35.7 Å². The van der Waals surface area contributed by atoms with Gasteiger partial charge in [-0.3, -0.25) is 9.78 Å². The average molecular weight is 305 g/mol. The first-order valence-electron chi connectivity index (χ1n) is 6.48. The van der Waals surface area contributed by atoms with Gasteiger partial charge in [-0.1, -0.05) is 0 Å². The van der Waals surface area contributed by atoms with Gasteiger partial charge in [0.2, 0.25) is 12.2 Å². The van der Waals surface area contributed by atoms with Gasteiger partial charge in [0, 0.05) is 11.6 Å². The lowest BCUT2D eigenvalue weighted by molar-refractivity contribution is -0.0471. The molecule has 1 aliphatic rings. The van der Waals surface area contributed by atoms with E-state index in [0.29, 0.717) is 19.5 Å². The van der Waals surface area contributed by atoms with Crippen LogP contribution in [0.1, 0.15) is 22.5 Å². The third kappa shape index (κ3) is 2.66. The fraction of sp³-hybridized carbons (Fsp3) is 0.286. The largest absolute Gasteiger partial charge is 0.481 e. The van der Waals surface area contributed by atoms with Gasteiger partial charge in [-0.15, -0.1) is 0 Å². The van der Waals surface area contributed by atoms with Crippen molar-refractivity contribution in [3.63, 3.8) is 0 Å². The molecular formula is C14H12FN3O4. The summed E-state index contributed by atoms with van der Waals surface area (Å²) < 4.78 is 29.9. The summed E-state index contributed by atoms with van der Waals surface area (Å²) >= 11 is 0. The minimum atomic E-state index is -0.791. The summed E-state index contributed by atoms with van der Waals surface area (Å²) in [7, 11) is 1.43. The zero-order chi connectivity index (χ0) is 15.5. The number of halogens is 1. The van der Waals surface area contributed by atoms with Crippen LogP contribution in [0.3, 0.4) is 0 Å². The molecule has 1 saturated heterocycles. The van der Waals surface area contributed by atoms with Gasteiger partial charge in [-0.2, -0.15) is 0 Å². The molecule has 2 aromatic heterocycles. The molecule has 8 heteroatoms. The molecule has 0 atom stereocenters. The first-order chi connectivity index (χ1) is 10.7. The number of hydrogen-bond donors (Lipinski definition) is 0. The number of aromatic nitrogens is 3. The van der Waals surface area contributed by atoms with Crippen LogP contribution in [0, 0.1) is 5.82 Å². The zero-order valence-electron chi connectivity index (χ0n) is 11.7. The Hall–Kier alpha value is -2.45. The number of aldehydes is 1. The van der Waals surface area contributed by atoms with Crippen LogP contribution in [-0.4, -0.2) is 41.6 Å². The van der Waals surface area contributed by atoms with Gasteiger partial charge >= 0.3 is 0 Å². The highest BCUT2D eigenvalue weighted by atomic mass is 19.1. The molecule has 0 aliphatic carbocycles. The van der Waals surface area contributed by atoms with E-state index < -0.39 is 12.1 Å². The number of methoxy groups -OCH3 is 1. The SMILES string of the molecule is COc1cc(-c2ncc(C=O)nc2C2OCCO2)c(F)cn1. The predicted octanol–water partition coefficient (Wildman–Crippen LogP) is 1.54. The highest BCUT2D eigenvalue weighted by molar-refractivity contribution is 5.73. The summed E-state index contributed by atoms with van der Waals surface area (Å²) in [6.07, 6.45) is 2.05. The van der Waals surface area contributed by atoms with Gasteiger partial charge in [0.05, 0.1) is 32.7 Å². The Kier molecular flexibility index (Phi) is 4.03. The van der Waals surface area contributed by atoms with Crippen LogP contribution in [-0.2, 0) is 9.47 Å². The molecule has 0 amide bonds. The van der Waals surface area contributed by atoms with Crippen molar-refractivity contribution in [2.75, 3.05) is 20.3 Å². The van der Waals surface area contributed by atoms with Crippen LogP contribution < -0.4 is 4.74 Å². The fourth-order valence-corrected chi connectivity index (χ4v) is 2.08. The van der Waals surface area contributed by atoms with Crippen LogP contribution in [0.2, 0.25) is 0 Å². The number of rotatable bonds is 4. The van der Waals surface area contributed by atoms with E-state index in [1.807, 2.05) is 0 Å². The second-order valence-electron chi connectivity index (χ2n) is 4.43. The molecule has 0 saturated carbocycles. The molecule has 0 spiro atoms. The quantitative estimate of drug-likeness (QED) is 0.792. The molecule has 0 radical (unpaired) electrons. The third-order valence-corrected chi connectivity index (χ3v) is 3.08. The molecule has 22 heavy (non-hydrogen) atoms. The van der Waals surface area contributed by atoms with Crippen molar-refractivity contribution in [3.8, 4) is 17.1 Å². The number of carbonyl (C=O) groups is 1. The van der Waals surface area contributed by atoms with Gasteiger partial charge in [0.1, 0.15) is 17.1 Å². The molecular weight excluding hydrogens is 293 g/mol. The molecule has 114 valence electrons. The van der Waals surface area contributed by atoms with Crippen molar-refractivity contribution in [1.29, 1.82) is 0 Å². The van der Waals surface area contributed by atoms with Crippen molar-refractivity contribution in [2.45, 2.75) is 6.29 Å². The lowest BCUT2D eigenvalue weighted by atomic mass is 10.1. The maximum atomic E-state index is 14.1. The van der Waals surface area contributed by atoms with Crippen molar-refractivity contribution in [1.82, 2.24) is 15.0 Å². The second-order valence-corrected chi connectivity index (χ2v) is 4.43. The standard InChI is InChI=1S/C14H12FN3O4/c1-20-11-4-9(10(15)6-16-11)12-13(14-21-2-3-22-14)18-8(7-19)5-17-12/h4-7,14H,2-3H2,1H3. The number of pyridine rings is 1. The Bertz CT molecular complexity index is 704. The summed E-state index contributed by atoms with van der Waals surface area (Å²) in [6.45, 7) is 0.776. The van der Waals surface area contributed by atoms with E-state index in [0.717, 1.165) is 6.20 Å². The van der Waals surface area contributed by atoms with E-state index in [1.54, 1.807) is 0 Å². The topological polar surface area (TPSA) is 83.4 Å². The molecule has 0 bridgehead atoms. The molecule has 1 aliphatic heterocycles. The second kappa shape index (κ2) is 6.12. The van der Waals surface area contributed by atoms with Gasteiger partial charge in [0.25, 0.3) is 0 Å². The monoisotopic (exact) mass is 305 g/mol. The molecule has 3 rings (SSSR count). The van der Waals surface area contributed by atoms with Crippen LogP contribution in [0.4, 0.5) is 4.39 Å². The molecule has 3 heterocycles. The summed E-state index contributed by atoms with van der Waals surface area (Å²) in [5.74, 6) is -0.356. The van der Waals surface area contributed by atoms with Crippen molar-refractivity contribution in [2.24, 2.45) is 0 Å². The van der Waals surface area contributed by atoms with Gasteiger partial charge in [0.15, 0.2) is 12.1 Å². The number of nitrogens with zero attached hydrogens (tertiary/aromatic N) is 3. The summed E-state index contributed by atoms with van der Waals surface area (Å²) in [4.78, 5) is 22.9. The predicted molar refractivity (Wildman–Crippen MR) is 71.8 cm³/mol. The Labute approximate surface area is 125 Å². The highest BCUT2D eigenvalue weighted by Gasteiger charge is 2.26. The first-order valence-corrected chi connectivity index (χ1v) is 6.48. The van der Waals surface area contributed by atoms with Crippen LogP contribution in [0.15, 0.2) is 18.5 Å². The lowest BCUT2D eigenvalue weighted by Gasteiger charge is -2.14. The van der Waals surface area contributed by atoms with Crippen molar-refractivity contribution < 1.29 is 23.4 Å². The Balaban J connectivity index is 2.15. The molecule has 0 N–H and O–H groups in total. The molecule has 0 unspecified atom stereocenters. The van der Waals surface area contributed by atoms with Gasteiger partial charge < -0.3 is 14.2 Å². The van der Waals surface area contributed by atoms with E-state index >= 15 is 0 Å². The smallest absolute Gasteiger partial charge is 0.213 e. The highest BCUT2D eigenvalue weighted by Crippen LogP contribution is 2.32. The molecule has 0 aromatic carbocycles. The summed E-state index contributed by atoms with van der Waals surface area (Å²) in [6, 6.07) is 1.40. The van der Waals surface area contributed by atoms with Gasteiger partial charge in [-0.05, 0) is 0 Å². The summed E-state index contributed by atoms with van der Waals surface area (Å²) in [5, 5.41) is 0. The van der Waals surface area contributed by atoms with Crippen LogP contribution in [0.5, 0.6) is 5.88 Å². The van der Waals surface area contributed by atoms with Gasteiger partial charge in [-0.25, -0.2) is 14.4 Å². The van der Waals surface area contributed by atoms with Crippen LogP contribution in [0.25, 0.3) is 11.3 Å². The minimum Gasteiger partial charge on any atom is -0.481 e. The van der Waals surface area contributed by atoms with E-state index in [9.17, 15) is 9.18 Å². The third-order valence-electron chi connectivity index (χ3n) is 3.08. The molecule has 7 nitrogen and oxygen atoms in total. The Morgan fingerprint density at radius 1 is 1.32 bits per heavy atom. The maximum absolute atomic E-state index is 14.1. The number of carbonyl (C=O) groups excluding carboxylic acids is 1. The number of hydrogen-bond acceptors (Lipinski definition) is 7. The van der Waals surface area contributed by atoms with Crippen LogP contribution >= 0.6 is 0 Å². The van der Waals surface area contributed by atoms with Crippen molar-refractivity contribution >= 4 is 6.29 Å². The Morgan fingerprint density at radius 2 is 2.09 bits per heavy atom. The van der Waals surface area contributed by atoms with E-state index in [-0.39, 0.29) is 28.5 Å².